The number of nitrogens with zero attached hydrogens (tertiary/aromatic N) is 1. The molecule has 32 heavy (non-hydrogen) atoms. The first-order valence-corrected chi connectivity index (χ1v) is 11.8. The molecule has 2 amide bonds. The fraction of sp³-hybridized carbons (Fsp3) is 0.600. The number of hydrogen-bond donors (Lipinski definition) is 3. The number of carbonyl (C=O) groups excluding carboxylic acids is 2. The third-order valence-electron chi connectivity index (χ3n) is 7.16. The molecule has 174 valence electrons. The van der Waals surface area contributed by atoms with Crippen LogP contribution < -0.4 is 5.32 Å². The molecule has 2 saturated heterocycles. The number of piperazine rings is 1. The van der Waals surface area contributed by atoms with E-state index in [-0.39, 0.29) is 23.7 Å². The van der Waals surface area contributed by atoms with Gasteiger partial charge in [-0.1, -0.05) is 59.2 Å². The van der Waals surface area contributed by atoms with Crippen molar-refractivity contribution in [3.05, 3.63) is 36.0 Å². The monoisotopic (exact) mass is 441 g/mol. The highest BCUT2D eigenvalue weighted by molar-refractivity contribution is 5.91. The summed E-state index contributed by atoms with van der Waals surface area (Å²) in [6, 6.07) is 6.37. The van der Waals surface area contributed by atoms with E-state index in [1.54, 1.807) is 0 Å². The largest absolute Gasteiger partial charge is 0.361 e. The lowest BCUT2D eigenvalue weighted by atomic mass is 9.84. The van der Waals surface area contributed by atoms with Crippen LogP contribution in [0.3, 0.4) is 0 Å². The van der Waals surface area contributed by atoms with Crippen LogP contribution in [0.2, 0.25) is 0 Å². The zero-order valence-electron chi connectivity index (χ0n) is 19.6. The Balaban J connectivity index is 1.75. The number of aliphatic hydroxyl groups is 1. The first-order chi connectivity index (χ1) is 15.2. The number of amides is 2. The van der Waals surface area contributed by atoms with Gasteiger partial charge in [-0.05, 0) is 29.9 Å². The van der Waals surface area contributed by atoms with E-state index in [2.05, 4.69) is 17.2 Å². The van der Waals surface area contributed by atoms with Crippen molar-refractivity contribution in [1.29, 1.82) is 0 Å². The van der Waals surface area contributed by atoms with Crippen molar-refractivity contribution in [3.8, 4) is 0 Å². The van der Waals surface area contributed by atoms with Crippen LogP contribution in [0.5, 0.6) is 0 Å². The van der Waals surface area contributed by atoms with E-state index in [4.69, 9.17) is 4.74 Å². The standard InChI is InChI=1S/C25H35N3O4/c1-6-15(4)22-16(5)24(30)28-20(11-14(2)3)23(29)27-21(25(28,31)32-22)12-17-13-26-19-10-8-7-9-18(17)19/h7-10,13-16,20-22,26,31H,6,11-12H2,1-5H3,(H,27,29)/t15-,16+,20-,21-,22+,25-/m0/s1. The summed E-state index contributed by atoms with van der Waals surface area (Å²) in [5.74, 6) is -2.51. The second-order valence-electron chi connectivity index (χ2n) is 9.89. The zero-order chi connectivity index (χ0) is 23.2. The number of ether oxygens (including phenoxy) is 1. The van der Waals surface area contributed by atoms with Gasteiger partial charge in [0.05, 0.1) is 12.0 Å². The Kier molecular flexibility index (Phi) is 6.07. The van der Waals surface area contributed by atoms with Gasteiger partial charge >= 0.3 is 0 Å². The van der Waals surface area contributed by atoms with Crippen LogP contribution in [0.15, 0.2) is 30.5 Å². The van der Waals surface area contributed by atoms with Gasteiger partial charge in [0.25, 0.3) is 5.91 Å². The maximum Gasteiger partial charge on any atom is 0.274 e. The normalized spacial score (nSPS) is 31.7. The van der Waals surface area contributed by atoms with Crippen molar-refractivity contribution < 1.29 is 19.4 Å². The maximum absolute atomic E-state index is 13.6. The highest BCUT2D eigenvalue weighted by Crippen LogP contribution is 2.41. The molecule has 0 saturated carbocycles. The number of aromatic amines is 1. The molecule has 0 spiro atoms. The summed E-state index contributed by atoms with van der Waals surface area (Å²) in [5, 5.41) is 16.0. The first kappa shape index (κ1) is 22.8. The van der Waals surface area contributed by atoms with Crippen LogP contribution in [-0.2, 0) is 20.7 Å². The van der Waals surface area contributed by atoms with Gasteiger partial charge < -0.3 is 20.1 Å². The Labute approximate surface area is 189 Å². The van der Waals surface area contributed by atoms with Crippen molar-refractivity contribution in [2.45, 2.75) is 78.0 Å². The molecular weight excluding hydrogens is 406 g/mol. The predicted molar refractivity (Wildman–Crippen MR) is 122 cm³/mol. The zero-order valence-corrected chi connectivity index (χ0v) is 19.6. The van der Waals surface area contributed by atoms with Crippen molar-refractivity contribution in [1.82, 2.24) is 15.2 Å². The average molecular weight is 442 g/mol. The minimum atomic E-state index is -1.90. The lowest BCUT2D eigenvalue weighted by molar-refractivity contribution is -0.357. The smallest absolute Gasteiger partial charge is 0.274 e. The van der Waals surface area contributed by atoms with E-state index in [0.717, 1.165) is 22.9 Å². The molecule has 1 aromatic carbocycles. The Morgan fingerprint density at radius 3 is 2.62 bits per heavy atom. The number of carbonyl (C=O) groups is 2. The lowest BCUT2D eigenvalue weighted by Crippen LogP contribution is -2.79. The second kappa shape index (κ2) is 8.52. The Bertz CT molecular complexity index is 1000. The Hall–Kier alpha value is -2.38. The molecule has 0 bridgehead atoms. The molecule has 1 aromatic heterocycles. The van der Waals surface area contributed by atoms with Gasteiger partial charge in [0, 0.05) is 23.5 Å². The quantitative estimate of drug-likeness (QED) is 0.642. The molecule has 6 atom stereocenters. The molecule has 2 aliphatic rings. The van der Waals surface area contributed by atoms with Gasteiger partial charge in [0.15, 0.2) is 0 Å². The van der Waals surface area contributed by atoms with E-state index >= 15 is 0 Å². The number of benzene rings is 1. The molecule has 2 aliphatic heterocycles. The number of nitrogens with one attached hydrogen (secondary N) is 2. The molecule has 7 heteroatoms. The van der Waals surface area contributed by atoms with Crippen LogP contribution in [-0.4, -0.2) is 50.9 Å². The van der Waals surface area contributed by atoms with Gasteiger partial charge in [0.2, 0.25) is 11.8 Å². The van der Waals surface area contributed by atoms with Crippen molar-refractivity contribution >= 4 is 22.7 Å². The summed E-state index contributed by atoms with van der Waals surface area (Å²) < 4.78 is 6.38. The topological polar surface area (TPSA) is 94.7 Å². The van der Waals surface area contributed by atoms with Gasteiger partial charge in [-0.25, -0.2) is 0 Å². The van der Waals surface area contributed by atoms with Crippen molar-refractivity contribution in [2.24, 2.45) is 17.8 Å². The number of aromatic nitrogens is 1. The third kappa shape index (κ3) is 3.71. The van der Waals surface area contributed by atoms with E-state index < -0.39 is 30.0 Å². The van der Waals surface area contributed by atoms with E-state index in [9.17, 15) is 14.7 Å². The molecule has 7 nitrogen and oxygen atoms in total. The van der Waals surface area contributed by atoms with E-state index in [1.165, 1.54) is 4.90 Å². The maximum atomic E-state index is 13.6. The van der Waals surface area contributed by atoms with Crippen molar-refractivity contribution in [3.63, 3.8) is 0 Å². The van der Waals surface area contributed by atoms with Gasteiger partial charge in [-0.2, -0.15) is 0 Å². The fourth-order valence-electron chi connectivity index (χ4n) is 5.19. The molecule has 3 heterocycles. The van der Waals surface area contributed by atoms with Crippen LogP contribution >= 0.6 is 0 Å². The number of H-pyrrole nitrogens is 1. The highest BCUT2D eigenvalue weighted by atomic mass is 16.7. The highest BCUT2D eigenvalue weighted by Gasteiger charge is 2.61. The van der Waals surface area contributed by atoms with E-state index in [1.807, 2.05) is 58.2 Å². The Morgan fingerprint density at radius 1 is 1.22 bits per heavy atom. The average Bonchev–Trinajstić information content (AvgIpc) is 3.16. The van der Waals surface area contributed by atoms with Crippen LogP contribution in [0.4, 0.5) is 0 Å². The number of hydrogen-bond acceptors (Lipinski definition) is 4. The lowest BCUT2D eigenvalue weighted by Gasteiger charge is -2.57. The summed E-state index contributed by atoms with van der Waals surface area (Å²) in [5.41, 5.74) is 1.94. The molecular formula is C25H35N3O4. The number of para-hydroxylation sites is 1. The van der Waals surface area contributed by atoms with Gasteiger partial charge in [0.1, 0.15) is 12.1 Å². The minimum absolute atomic E-state index is 0.0926. The first-order valence-electron chi connectivity index (χ1n) is 11.8. The summed E-state index contributed by atoms with van der Waals surface area (Å²) in [6.07, 6.45) is 3.10. The Morgan fingerprint density at radius 2 is 1.94 bits per heavy atom. The number of rotatable bonds is 6. The predicted octanol–water partition coefficient (Wildman–Crippen LogP) is 3.18. The molecule has 0 unspecified atom stereocenters. The van der Waals surface area contributed by atoms with Crippen molar-refractivity contribution in [2.75, 3.05) is 0 Å². The van der Waals surface area contributed by atoms with Crippen LogP contribution in [0.25, 0.3) is 10.9 Å². The summed E-state index contributed by atoms with van der Waals surface area (Å²) in [7, 11) is 0. The van der Waals surface area contributed by atoms with E-state index in [0.29, 0.717) is 12.8 Å². The third-order valence-corrected chi connectivity index (χ3v) is 7.16. The van der Waals surface area contributed by atoms with Crippen LogP contribution in [0.1, 0.15) is 53.0 Å². The minimum Gasteiger partial charge on any atom is -0.361 e. The summed E-state index contributed by atoms with van der Waals surface area (Å²) >= 11 is 0. The molecule has 2 aromatic rings. The molecule has 0 radical (unpaired) electrons. The second-order valence-corrected chi connectivity index (χ2v) is 9.89. The van der Waals surface area contributed by atoms with Gasteiger partial charge in [-0.15, -0.1) is 0 Å². The SMILES string of the molecule is CC[C@H](C)[C@H]1O[C@@]2(O)[C@H](Cc3c[nH]c4ccccc34)NC(=O)[C@H](CC(C)C)N2C(=O)[C@@H]1C. The summed E-state index contributed by atoms with van der Waals surface area (Å²) in [4.78, 5) is 31.4. The summed E-state index contributed by atoms with van der Waals surface area (Å²) in [6.45, 7) is 9.94. The molecule has 3 N–H and O–H groups in total. The van der Waals surface area contributed by atoms with Crippen LogP contribution in [0, 0.1) is 17.8 Å². The molecule has 0 aliphatic carbocycles. The van der Waals surface area contributed by atoms with Gasteiger partial charge in [-0.3, -0.25) is 14.5 Å². The number of fused-ring (bicyclic) bond motifs is 2. The molecule has 2 fully saturated rings. The fourth-order valence-corrected chi connectivity index (χ4v) is 5.19. The molecule has 4 rings (SSSR count).